The maximum atomic E-state index is 9.93. The standard InChI is InChI=1S/C12H10.C5H8O2/c1-3-7-11(8-4-1)12-9-5-2-6-10-12;1-3-4-7-5(2)6/h1-10H;3H,1,4H2,2H3. The second-order valence-corrected chi connectivity index (χ2v) is 3.82. The summed E-state index contributed by atoms with van der Waals surface area (Å²) >= 11 is 0. The number of ether oxygens (including phenoxy) is 1. The molecule has 19 heavy (non-hydrogen) atoms. The number of benzene rings is 2. The molecule has 0 heterocycles. The first-order valence-electron chi connectivity index (χ1n) is 6.08. The lowest BCUT2D eigenvalue weighted by molar-refractivity contribution is -0.139. The van der Waals surface area contributed by atoms with Crippen LogP contribution in [0, 0.1) is 0 Å². The molecule has 0 aliphatic carbocycles. The van der Waals surface area contributed by atoms with E-state index in [4.69, 9.17) is 0 Å². The summed E-state index contributed by atoms with van der Waals surface area (Å²) in [6, 6.07) is 20.8. The van der Waals surface area contributed by atoms with Crippen molar-refractivity contribution in [2.75, 3.05) is 6.61 Å². The fourth-order valence-electron chi connectivity index (χ4n) is 1.44. The molecule has 0 spiro atoms. The summed E-state index contributed by atoms with van der Waals surface area (Å²) in [5, 5.41) is 0. The number of carbonyl (C=O) groups is 1. The van der Waals surface area contributed by atoms with Crippen molar-refractivity contribution in [2.45, 2.75) is 6.92 Å². The fourth-order valence-corrected chi connectivity index (χ4v) is 1.44. The molecule has 2 aromatic carbocycles. The molecule has 2 heteroatoms. The largest absolute Gasteiger partial charge is 0.462 e. The van der Waals surface area contributed by atoms with Crippen molar-refractivity contribution >= 4 is 5.97 Å². The molecule has 0 saturated carbocycles. The van der Waals surface area contributed by atoms with Gasteiger partial charge in [0.25, 0.3) is 0 Å². The number of rotatable bonds is 3. The van der Waals surface area contributed by atoms with Crippen molar-refractivity contribution in [1.82, 2.24) is 0 Å². The van der Waals surface area contributed by atoms with E-state index in [1.54, 1.807) is 0 Å². The molecule has 0 bridgehead atoms. The Hall–Kier alpha value is -2.35. The first-order chi connectivity index (χ1) is 9.24. The maximum Gasteiger partial charge on any atom is 0.302 e. The van der Waals surface area contributed by atoms with Gasteiger partial charge in [0.2, 0.25) is 0 Å². The van der Waals surface area contributed by atoms with Crippen molar-refractivity contribution in [2.24, 2.45) is 0 Å². The van der Waals surface area contributed by atoms with E-state index in [0.29, 0.717) is 6.61 Å². The molecule has 0 aromatic heterocycles. The molecular weight excluding hydrogens is 236 g/mol. The SMILES string of the molecule is C=CCOC(C)=O.c1ccc(-c2ccccc2)cc1. The highest BCUT2D eigenvalue weighted by Crippen LogP contribution is 2.17. The van der Waals surface area contributed by atoms with Gasteiger partial charge in [-0.05, 0) is 11.1 Å². The van der Waals surface area contributed by atoms with Gasteiger partial charge in [0.15, 0.2) is 0 Å². The average Bonchev–Trinajstić information content (AvgIpc) is 2.47. The molecule has 0 N–H and O–H groups in total. The third-order valence-electron chi connectivity index (χ3n) is 2.29. The summed E-state index contributed by atoms with van der Waals surface area (Å²) in [5.74, 6) is -0.264. The van der Waals surface area contributed by atoms with Crippen LogP contribution in [0.4, 0.5) is 0 Å². The van der Waals surface area contributed by atoms with E-state index in [2.05, 4.69) is 59.8 Å². The number of esters is 1. The number of carbonyl (C=O) groups excluding carboxylic acids is 1. The minimum absolute atomic E-state index is 0.264. The third kappa shape index (κ3) is 6.22. The topological polar surface area (TPSA) is 26.3 Å². The lowest BCUT2D eigenvalue weighted by atomic mass is 10.1. The highest BCUT2D eigenvalue weighted by molar-refractivity contribution is 5.66. The van der Waals surface area contributed by atoms with Crippen LogP contribution in [0.5, 0.6) is 0 Å². The Morgan fingerprint density at radius 2 is 1.42 bits per heavy atom. The monoisotopic (exact) mass is 254 g/mol. The fraction of sp³-hybridized carbons (Fsp3) is 0.118. The summed E-state index contributed by atoms with van der Waals surface area (Å²) in [4.78, 5) is 9.93. The zero-order valence-corrected chi connectivity index (χ0v) is 11.1. The van der Waals surface area contributed by atoms with Gasteiger partial charge in [0.05, 0.1) is 0 Å². The summed E-state index contributed by atoms with van der Waals surface area (Å²) in [7, 11) is 0. The van der Waals surface area contributed by atoms with E-state index >= 15 is 0 Å². The van der Waals surface area contributed by atoms with Gasteiger partial charge in [-0.15, -0.1) is 0 Å². The Morgan fingerprint density at radius 1 is 1.00 bits per heavy atom. The highest BCUT2D eigenvalue weighted by Gasteiger charge is 1.91. The molecular formula is C17H18O2. The molecule has 0 aliphatic heterocycles. The van der Waals surface area contributed by atoms with Gasteiger partial charge in [0.1, 0.15) is 6.61 Å². The van der Waals surface area contributed by atoms with Gasteiger partial charge in [-0.1, -0.05) is 73.3 Å². The van der Waals surface area contributed by atoms with Crippen LogP contribution < -0.4 is 0 Å². The van der Waals surface area contributed by atoms with E-state index in [0.717, 1.165) is 0 Å². The Kier molecular flexibility index (Phi) is 6.73. The Bertz CT molecular complexity index is 452. The van der Waals surface area contributed by atoms with E-state index < -0.39 is 0 Å². The second kappa shape index (κ2) is 8.70. The molecule has 0 aliphatic rings. The van der Waals surface area contributed by atoms with Crippen molar-refractivity contribution in [3.63, 3.8) is 0 Å². The number of hydrogen-bond donors (Lipinski definition) is 0. The molecule has 0 amide bonds. The highest BCUT2D eigenvalue weighted by atomic mass is 16.5. The molecule has 98 valence electrons. The van der Waals surface area contributed by atoms with Gasteiger partial charge in [-0.25, -0.2) is 0 Å². The Labute approximate surface area is 114 Å². The normalized spacial score (nSPS) is 8.89. The van der Waals surface area contributed by atoms with Gasteiger partial charge in [0, 0.05) is 6.92 Å². The van der Waals surface area contributed by atoms with Crippen LogP contribution in [0.1, 0.15) is 6.92 Å². The molecule has 2 aromatic rings. The van der Waals surface area contributed by atoms with Gasteiger partial charge in [-0.3, -0.25) is 4.79 Å². The van der Waals surface area contributed by atoms with Crippen molar-refractivity contribution in [3.8, 4) is 11.1 Å². The Balaban J connectivity index is 0.000000224. The summed E-state index contributed by atoms with van der Waals surface area (Å²) in [6.07, 6.45) is 1.53. The van der Waals surface area contributed by atoms with E-state index in [9.17, 15) is 4.79 Å². The Morgan fingerprint density at radius 3 is 1.68 bits per heavy atom. The van der Waals surface area contributed by atoms with Crippen LogP contribution in [0.3, 0.4) is 0 Å². The van der Waals surface area contributed by atoms with Gasteiger partial charge < -0.3 is 4.74 Å². The van der Waals surface area contributed by atoms with Crippen LogP contribution in [-0.4, -0.2) is 12.6 Å². The lowest BCUT2D eigenvalue weighted by Crippen LogP contribution is -1.96. The molecule has 0 unspecified atom stereocenters. The van der Waals surface area contributed by atoms with Crippen molar-refractivity contribution in [3.05, 3.63) is 73.3 Å². The van der Waals surface area contributed by atoms with E-state index in [1.165, 1.54) is 24.1 Å². The zero-order chi connectivity index (χ0) is 13.9. The third-order valence-corrected chi connectivity index (χ3v) is 2.29. The van der Waals surface area contributed by atoms with Crippen molar-refractivity contribution < 1.29 is 9.53 Å². The summed E-state index contributed by atoms with van der Waals surface area (Å²) in [6.45, 7) is 5.03. The second-order valence-electron chi connectivity index (χ2n) is 3.82. The minimum atomic E-state index is -0.264. The van der Waals surface area contributed by atoms with E-state index in [1.807, 2.05) is 12.1 Å². The lowest BCUT2D eigenvalue weighted by Gasteiger charge is -1.98. The quantitative estimate of drug-likeness (QED) is 0.609. The first kappa shape index (κ1) is 14.7. The molecule has 0 saturated heterocycles. The van der Waals surface area contributed by atoms with Crippen LogP contribution in [-0.2, 0) is 9.53 Å². The minimum Gasteiger partial charge on any atom is -0.462 e. The average molecular weight is 254 g/mol. The van der Waals surface area contributed by atoms with Crippen LogP contribution >= 0.6 is 0 Å². The van der Waals surface area contributed by atoms with Crippen molar-refractivity contribution in [1.29, 1.82) is 0 Å². The summed E-state index contributed by atoms with van der Waals surface area (Å²) < 4.78 is 4.43. The van der Waals surface area contributed by atoms with E-state index in [-0.39, 0.29) is 5.97 Å². The molecule has 0 fully saturated rings. The van der Waals surface area contributed by atoms with Crippen LogP contribution in [0.15, 0.2) is 73.3 Å². The molecule has 2 rings (SSSR count). The van der Waals surface area contributed by atoms with Crippen LogP contribution in [0.25, 0.3) is 11.1 Å². The number of hydrogen-bond acceptors (Lipinski definition) is 2. The predicted octanol–water partition coefficient (Wildman–Crippen LogP) is 4.09. The summed E-state index contributed by atoms with van der Waals surface area (Å²) in [5.41, 5.74) is 2.55. The predicted molar refractivity (Wildman–Crippen MR) is 78.7 cm³/mol. The van der Waals surface area contributed by atoms with Gasteiger partial charge >= 0.3 is 5.97 Å². The zero-order valence-electron chi connectivity index (χ0n) is 11.1. The molecule has 0 radical (unpaired) electrons. The maximum absolute atomic E-state index is 9.93. The molecule has 0 atom stereocenters. The smallest absolute Gasteiger partial charge is 0.302 e. The molecule has 2 nitrogen and oxygen atoms in total. The first-order valence-corrected chi connectivity index (χ1v) is 6.08. The van der Waals surface area contributed by atoms with Gasteiger partial charge in [-0.2, -0.15) is 0 Å². The van der Waals surface area contributed by atoms with Crippen LogP contribution in [0.2, 0.25) is 0 Å².